The summed E-state index contributed by atoms with van der Waals surface area (Å²) in [7, 11) is -3.88. The van der Waals surface area contributed by atoms with Crippen molar-refractivity contribution < 1.29 is 26.4 Å². The Morgan fingerprint density at radius 1 is 1.04 bits per heavy atom. The summed E-state index contributed by atoms with van der Waals surface area (Å²) in [6.07, 6.45) is 0. The summed E-state index contributed by atoms with van der Waals surface area (Å²) in [6, 6.07) is 5.67. The van der Waals surface area contributed by atoms with Crippen molar-refractivity contribution in [3.8, 4) is 0 Å². The van der Waals surface area contributed by atoms with Crippen molar-refractivity contribution in [1.82, 2.24) is 5.32 Å². The van der Waals surface area contributed by atoms with Crippen LogP contribution in [0.5, 0.6) is 0 Å². The van der Waals surface area contributed by atoms with Crippen molar-refractivity contribution in [2.24, 2.45) is 5.14 Å². The van der Waals surface area contributed by atoms with Gasteiger partial charge < -0.3 is 5.32 Å². The monoisotopic (exact) mass is 344 g/mol. The molecule has 0 bridgehead atoms. The third-order valence-electron chi connectivity index (χ3n) is 2.98. The van der Waals surface area contributed by atoms with Gasteiger partial charge in [0.25, 0.3) is 5.91 Å². The molecule has 0 aliphatic rings. The second-order valence-corrected chi connectivity index (χ2v) is 6.16. The molecule has 0 spiro atoms. The summed E-state index contributed by atoms with van der Waals surface area (Å²) in [4.78, 5) is 11.7. The average molecular weight is 344 g/mol. The Balaban J connectivity index is 2.11. The highest BCUT2D eigenvalue weighted by molar-refractivity contribution is 7.89. The van der Waals surface area contributed by atoms with Crippen LogP contribution in [0, 0.1) is 17.5 Å². The second-order valence-electron chi connectivity index (χ2n) is 4.60. The number of sulfonamides is 1. The molecule has 9 heteroatoms. The fraction of sp³-hybridized carbons (Fsp3) is 0.0714. The Morgan fingerprint density at radius 2 is 1.57 bits per heavy atom. The largest absolute Gasteiger partial charge is 0.348 e. The molecule has 2 aromatic carbocycles. The minimum Gasteiger partial charge on any atom is -0.348 e. The first-order valence-corrected chi connectivity index (χ1v) is 7.77. The van der Waals surface area contributed by atoms with Crippen molar-refractivity contribution in [1.29, 1.82) is 0 Å². The van der Waals surface area contributed by atoms with Gasteiger partial charge in [0, 0.05) is 29.8 Å². The smallest absolute Gasteiger partial charge is 0.251 e. The number of halogens is 3. The number of carbonyl (C=O) groups is 1. The summed E-state index contributed by atoms with van der Waals surface area (Å²) in [5.41, 5.74) is -0.416. The first-order valence-electron chi connectivity index (χ1n) is 6.23. The molecule has 23 heavy (non-hydrogen) atoms. The van der Waals surface area contributed by atoms with Crippen molar-refractivity contribution in [3.63, 3.8) is 0 Å². The van der Waals surface area contributed by atoms with E-state index in [0.717, 1.165) is 12.1 Å². The zero-order valence-corrected chi connectivity index (χ0v) is 12.3. The summed E-state index contributed by atoms with van der Waals surface area (Å²) in [6.45, 7) is -0.492. The van der Waals surface area contributed by atoms with E-state index in [1.165, 1.54) is 12.1 Å². The van der Waals surface area contributed by atoms with Gasteiger partial charge in [-0.1, -0.05) is 0 Å². The SMILES string of the molecule is NS(=O)(=O)c1ccc(C(=O)NCc2c(F)cc(F)cc2F)cc1. The van der Waals surface area contributed by atoms with Crippen LogP contribution in [0.15, 0.2) is 41.3 Å². The van der Waals surface area contributed by atoms with Crippen LogP contribution < -0.4 is 10.5 Å². The zero-order chi connectivity index (χ0) is 17.2. The first-order chi connectivity index (χ1) is 10.7. The molecule has 0 aliphatic heterocycles. The van der Waals surface area contributed by atoms with Crippen LogP contribution in [-0.2, 0) is 16.6 Å². The predicted molar refractivity (Wildman–Crippen MR) is 75.3 cm³/mol. The van der Waals surface area contributed by atoms with Gasteiger partial charge in [-0.2, -0.15) is 0 Å². The van der Waals surface area contributed by atoms with E-state index in [0.29, 0.717) is 12.1 Å². The highest BCUT2D eigenvalue weighted by atomic mass is 32.2. The Morgan fingerprint density at radius 3 is 2.04 bits per heavy atom. The Bertz CT molecular complexity index is 829. The van der Waals surface area contributed by atoms with Gasteiger partial charge in [-0.15, -0.1) is 0 Å². The molecule has 3 N–H and O–H groups in total. The fourth-order valence-electron chi connectivity index (χ4n) is 1.81. The van der Waals surface area contributed by atoms with Gasteiger partial charge in [0.15, 0.2) is 0 Å². The number of amides is 1. The maximum Gasteiger partial charge on any atom is 0.251 e. The van der Waals surface area contributed by atoms with E-state index in [4.69, 9.17) is 5.14 Å². The van der Waals surface area contributed by atoms with Crippen LogP contribution in [0.3, 0.4) is 0 Å². The van der Waals surface area contributed by atoms with Gasteiger partial charge in [-0.05, 0) is 24.3 Å². The predicted octanol–water partition coefficient (Wildman–Crippen LogP) is 1.68. The Hall–Kier alpha value is -2.39. The number of primary sulfonamides is 1. The van der Waals surface area contributed by atoms with E-state index < -0.39 is 45.5 Å². The summed E-state index contributed by atoms with van der Waals surface area (Å²) in [5, 5.41) is 7.17. The molecule has 0 unspecified atom stereocenters. The van der Waals surface area contributed by atoms with Crippen molar-refractivity contribution >= 4 is 15.9 Å². The lowest BCUT2D eigenvalue weighted by Gasteiger charge is -2.08. The molecule has 2 rings (SSSR count). The Kier molecular flexibility index (Phi) is 4.71. The van der Waals surface area contributed by atoms with E-state index in [1.807, 2.05) is 0 Å². The van der Waals surface area contributed by atoms with Crippen LogP contribution in [0.1, 0.15) is 15.9 Å². The van der Waals surface area contributed by atoms with Crippen LogP contribution in [-0.4, -0.2) is 14.3 Å². The molecular weight excluding hydrogens is 333 g/mol. The van der Waals surface area contributed by atoms with E-state index >= 15 is 0 Å². The van der Waals surface area contributed by atoms with Crippen LogP contribution >= 0.6 is 0 Å². The van der Waals surface area contributed by atoms with Gasteiger partial charge in [0.05, 0.1) is 4.90 Å². The third kappa shape index (κ3) is 4.08. The van der Waals surface area contributed by atoms with Crippen LogP contribution in [0.2, 0.25) is 0 Å². The third-order valence-corrected chi connectivity index (χ3v) is 3.91. The molecule has 2 aromatic rings. The molecule has 5 nitrogen and oxygen atoms in total. The lowest BCUT2D eigenvalue weighted by Crippen LogP contribution is -2.24. The molecule has 0 fully saturated rings. The average Bonchev–Trinajstić information content (AvgIpc) is 2.45. The molecule has 0 heterocycles. The number of hydrogen-bond donors (Lipinski definition) is 2. The topological polar surface area (TPSA) is 89.3 Å². The lowest BCUT2D eigenvalue weighted by molar-refractivity contribution is 0.0950. The lowest BCUT2D eigenvalue weighted by atomic mass is 10.1. The molecule has 0 atom stereocenters. The number of nitrogens with two attached hydrogens (primary N) is 1. The number of hydrogen-bond acceptors (Lipinski definition) is 3. The summed E-state index contributed by atoms with van der Waals surface area (Å²) in [5.74, 6) is -3.98. The minimum atomic E-state index is -3.88. The number of carbonyl (C=O) groups excluding carboxylic acids is 1. The maximum absolute atomic E-state index is 13.4. The standard InChI is InChI=1S/C14H11F3N2O3S/c15-9-5-12(16)11(13(17)6-9)7-19-14(20)8-1-3-10(4-2-8)23(18,21)22/h1-6H,7H2,(H,19,20)(H2,18,21,22). The molecular formula is C14H11F3N2O3S. The highest BCUT2D eigenvalue weighted by Crippen LogP contribution is 2.15. The van der Waals surface area contributed by atoms with E-state index in [2.05, 4.69) is 5.32 Å². The highest BCUT2D eigenvalue weighted by Gasteiger charge is 2.14. The molecule has 0 saturated heterocycles. The normalized spacial score (nSPS) is 11.3. The van der Waals surface area contributed by atoms with Gasteiger partial charge in [-0.3, -0.25) is 4.79 Å². The van der Waals surface area contributed by atoms with E-state index in [-0.39, 0.29) is 10.5 Å². The summed E-state index contributed by atoms with van der Waals surface area (Å²) >= 11 is 0. The van der Waals surface area contributed by atoms with E-state index in [9.17, 15) is 26.4 Å². The molecule has 0 aromatic heterocycles. The van der Waals surface area contributed by atoms with Gasteiger partial charge in [-0.25, -0.2) is 26.7 Å². The molecule has 0 radical (unpaired) electrons. The zero-order valence-electron chi connectivity index (χ0n) is 11.5. The number of nitrogens with one attached hydrogen (secondary N) is 1. The van der Waals surface area contributed by atoms with Crippen molar-refractivity contribution in [2.75, 3.05) is 0 Å². The molecule has 122 valence electrons. The van der Waals surface area contributed by atoms with Crippen LogP contribution in [0.25, 0.3) is 0 Å². The van der Waals surface area contributed by atoms with Gasteiger partial charge >= 0.3 is 0 Å². The van der Waals surface area contributed by atoms with Gasteiger partial charge in [0.1, 0.15) is 17.5 Å². The fourth-order valence-corrected chi connectivity index (χ4v) is 2.32. The summed E-state index contributed by atoms with van der Waals surface area (Å²) < 4.78 is 61.8. The maximum atomic E-state index is 13.4. The minimum absolute atomic E-state index is 0.0697. The van der Waals surface area contributed by atoms with Gasteiger partial charge in [0.2, 0.25) is 10.0 Å². The van der Waals surface area contributed by atoms with E-state index in [1.54, 1.807) is 0 Å². The van der Waals surface area contributed by atoms with Crippen molar-refractivity contribution in [3.05, 3.63) is 65.0 Å². The first kappa shape index (κ1) is 17.0. The van der Waals surface area contributed by atoms with Crippen LogP contribution in [0.4, 0.5) is 13.2 Å². The Labute approximate surface area is 130 Å². The quantitative estimate of drug-likeness (QED) is 0.884. The van der Waals surface area contributed by atoms with Crippen molar-refractivity contribution in [2.45, 2.75) is 11.4 Å². The number of rotatable bonds is 4. The second kappa shape index (κ2) is 6.39. The molecule has 1 amide bonds. The molecule has 0 saturated carbocycles. The number of benzene rings is 2. The molecule has 0 aliphatic carbocycles.